The zero-order valence-electron chi connectivity index (χ0n) is 8.36. The van der Waals surface area contributed by atoms with Crippen LogP contribution < -0.4 is 10.5 Å². The molecule has 3 N–H and O–H groups in total. The minimum atomic E-state index is 0.534. The Hall–Kier alpha value is -1.56. The molecular weight excluding hydrogens is 212 g/mol. The van der Waals surface area contributed by atoms with Gasteiger partial charge in [0, 0.05) is 22.8 Å². The molecular formula is C9H12N4OS. The van der Waals surface area contributed by atoms with Crippen molar-refractivity contribution in [2.24, 2.45) is 0 Å². The zero-order valence-corrected chi connectivity index (χ0v) is 9.17. The Morgan fingerprint density at radius 1 is 1.53 bits per heavy atom. The number of nitrogens with zero attached hydrogens (tertiary/aromatic N) is 2. The van der Waals surface area contributed by atoms with Gasteiger partial charge in [0.05, 0.1) is 7.11 Å². The largest absolute Gasteiger partial charge is 0.473 e. The van der Waals surface area contributed by atoms with E-state index in [-0.39, 0.29) is 0 Å². The zero-order chi connectivity index (χ0) is 10.7. The first-order chi connectivity index (χ1) is 7.28. The lowest BCUT2D eigenvalue weighted by Gasteiger charge is -1.93. The molecule has 0 bridgehead atoms. The standard InChI is InChI=1S/C9H12N4OS/c1-14-9-11-5-7(15-9)3-2-6-4-8(10)13-12-6/h4-5H,2-3H2,1H3,(H3,10,12,13). The SMILES string of the molecule is COc1ncc(CCc2cc(N)n[nH]2)s1. The van der Waals surface area contributed by atoms with Gasteiger partial charge in [0.25, 0.3) is 5.19 Å². The number of methoxy groups -OCH3 is 1. The third-order valence-corrected chi connectivity index (χ3v) is 3.02. The molecule has 0 aliphatic heterocycles. The molecule has 0 aliphatic rings. The second-order valence-corrected chi connectivity index (χ2v) is 4.19. The Morgan fingerprint density at radius 2 is 2.40 bits per heavy atom. The van der Waals surface area contributed by atoms with Gasteiger partial charge in [0.2, 0.25) is 0 Å². The van der Waals surface area contributed by atoms with E-state index in [1.54, 1.807) is 18.4 Å². The van der Waals surface area contributed by atoms with Crippen LogP contribution in [0.5, 0.6) is 5.19 Å². The molecule has 80 valence electrons. The molecule has 0 fully saturated rings. The van der Waals surface area contributed by atoms with E-state index in [1.807, 2.05) is 12.3 Å². The van der Waals surface area contributed by atoms with Crippen LogP contribution in [-0.4, -0.2) is 22.3 Å². The highest BCUT2D eigenvalue weighted by Gasteiger charge is 2.03. The summed E-state index contributed by atoms with van der Waals surface area (Å²) in [5, 5.41) is 7.44. The number of nitrogen functional groups attached to an aromatic ring is 1. The lowest BCUT2D eigenvalue weighted by Crippen LogP contribution is -1.88. The number of aryl methyl sites for hydroxylation is 2. The van der Waals surface area contributed by atoms with E-state index in [9.17, 15) is 0 Å². The molecule has 15 heavy (non-hydrogen) atoms. The highest BCUT2D eigenvalue weighted by molar-refractivity contribution is 7.13. The van der Waals surface area contributed by atoms with Crippen molar-refractivity contribution < 1.29 is 4.74 Å². The fourth-order valence-corrected chi connectivity index (χ4v) is 1.99. The maximum absolute atomic E-state index is 5.50. The van der Waals surface area contributed by atoms with Crippen LogP contribution in [0, 0.1) is 0 Å². The average molecular weight is 224 g/mol. The quantitative estimate of drug-likeness (QED) is 0.819. The maximum Gasteiger partial charge on any atom is 0.273 e. The van der Waals surface area contributed by atoms with Crippen molar-refractivity contribution in [3.05, 3.63) is 22.8 Å². The van der Waals surface area contributed by atoms with Crippen LogP contribution in [0.4, 0.5) is 5.82 Å². The first kappa shape index (κ1) is 9.97. The highest BCUT2D eigenvalue weighted by atomic mass is 32.1. The summed E-state index contributed by atoms with van der Waals surface area (Å²) in [5.41, 5.74) is 6.54. The number of hydrogen-bond donors (Lipinski definition) is 2. The lowest BCUT2D eigenvalue weighted by atomic mass is 10.2. The van der Waals surface area contributed by atoms with Gasteiger partial charge in [0.1, 0.15) is 5.82 Å². The first-order valence-corrected chi connectivity index (χ1v) is 5.38. The Morgan fingerprint density at radius 3 is 3.00 bits per heavy atom. The Kier molecular flexibility index (Phi) is 2.86. The normalized spacial score (nSPS) is 10.5. The molecule has 0 aliphatic carbocycles. The van der Waals surface area contributed by atoms with Crippen LogP contribution in [0.2, 0.25) is 0 Å². The van der Waals surface area contributed by atoms with Gasteiger partial charge in [-0.15, -0.1) is 0 Å². The minimum absolute atomic E-state index is 0.534. The summed E-state index contributed by atoms with van der Waals surface area (Å²) in [7, 11) is 1.62. The number of ether oxygens (including phenoxy) is 1. The van der Waals surface area contributed by atoms with Gasteiger partial charge in [-0.3, -0.25) is 5.10 Å². The molecule has 0 saturated heterocycles. The van der Waals surface area contributed by atoms with Crippen molar-refractivity contribution in [2.75, 3.05) is 12.8 Å². The molecule has 2 aromatic rings. The van der Waals surface area contributed by atoms with Crippen LogP contribution in [0.3, 0.4) is 0 Å². The van der Waals surface area contributed by atoms with Gasteiger partial charge in [-0.05, 0) is 12.8 Å². The third-order valence-electron chi connectivity index (χ3n) is 2.00. The van der Waals surface area contributed by atoms with E-state index in [4.69, 9.17) is 10.5 Å². The molecule has 0 spiro atoms. The molecule has 0 radical (unpaired) electrons. The van der Waals surface area contributed by atoms with E-state index >= 15 is 0 Å². The fourth-order valence-electron chi connectivity index (χ4n) is 1.26. The van der Waals surface area contributed by atoms with E-state index in [0.717, 1.165) is 18.5 Å². The predicted octanol–water partition coefficient (Wildman–Crippen LogP) is 1.24. The highest BCUT2D eigenvalue weighted by Crippen LogP contribution is 2.21. The molecule has 0 saturated carbocycles. The second kappa shape index (κ2) is 4.31. The molecule has 2 aromatic heterocycles. The number of rotatable bonds is 4. The number of thiazole rings is 1. The number of aromatic amines is 1. The second-order valence-electron chi connectivity index (χ2n) is 3.11. The van der Waals surface area contributed by atoms with Gasteiger partial charge < -0.3 is 10.5 Å². The van der Waals surface area contributed by atoms with Crippen LogP contribution in [0.1, 0.15) is 10.6 Å². The number of nitrogens with one attached hydrogen (secondary N) is 1. The molecule has 5 nitrogen and oxygen atoms in total. The summed E-state index contributed by atoms with van der Waals surface area (Å²) in [6.07, 6.45) is 3.64. The lowest BCUT2D eigenvalue weighted by molar-refractivity contribution is 0.412. The van der Waals surface area contributed by atoms with Crippen LogP contribution in [0.25, 0.3) is 0 Å². The monoisotopic (exact) mass is 224 g/mol. The summed E-state index contributed by atoms with van der Waals surface area (Å²) in [4.78, 5) is 5.29. The maximum atomic E-state index is 5.50. The van der Waals surface area contributed by atoms with Crippen LogP contribution in [0.15, 0.2) is 12.3 Å². The molecule has 6 heteroatoms. The van der Waals surface area contributed by atoms with E-state index in [2.05, 4.69) is 15.2 Å². The van der Waals surface area contributed by atoms with Crippen molar-refractivity contribution >= 4 is 17.2 Å². The number of H-pyrrole nitrogens is 1. The van der Waals surface area contributed by atoms with Crippen LogP contribution in [-0.2, 0) is 12.8 Å². The van der Waals surface area contributed by atoms with Gasteiger partial charge in [-0.2, -0.15) is 5.10 Å². The summed E-state index contributed by atoms with van der Waals surface area (Å²) < 4.78 is 5.02. The van der Waals surface area contributed by atoms with E-state index in [1.165, 1.54) is 4.88 Å². The van der Waals surface area contributed by atoms with Crippen LogP contribution >= 0.6 is 11.3 Å². The topological polar surface area (TPSA) is 76.8 Å². The molecule has 0 atom stereocenters. The molecule has 0 amide bonds. The van der Waals surface area contributed by atoms with Crippen molar-refractivity contribution in [3.63, 3.8) is 0 Å². The summed E-state index contributed by atoms with van der Waals surface area (Å²) in [6, 6.07) is 1.85. The Bertz CT molecular complexity index is 437. The molecule has 2 rings (SSSR count). The molecule has 0 unspecified atom stereocenters. The smallest absolute Gasteiger partial charge is 0.273 e. The number of nitrogens with two attached hydrogens (primary N) is 1. The van der Waals surface area contributed by atoms with Crippen molar-refractivity contribution in [1.82, 2.24) is 15.2 Å². The summed E-state index contributed by atoms with van der Waals surface area (Å²) in [6.45, 7) is 0. The van der Waals surface area contributed by atoms with E-state index in [0.29, 0.717) is 11.0 Å². The number of hydrogen-bond acceptors (Lipinski definition) is 5. The van der Waals surface area contributed by atoms with Crippen molar-refractivity contribution in [2.45, 2.75) is 12.8 Å². The van der Waals surface area contributed by atoms with Gasteiger partial charge in [-0.25, -0.2) is 4.98 Å². The first-order valence-electron chi connectivity index (χ1n) is 4.56. The fraction of sp³-hybridized carbons (Fsp3) is 0.333. The van der Waals surface area contributed by atoms with Crippen molar-refractivity contribution in [1.29, 1.82) is 0 Å². The molecule has 0 aromatic carbocycles. The van der Waals surface area contributed by atoms with Gasteiger partial charge in [0.15, 0.2) is 0 Å². The number of aromatic nitrogens is 3. The predicted molar refractivity (Wildman–Crippen MR) is 59.1 cm³/mol. The van der Waals surface area contributed by atoms with Gasteiger partial charge >= 0.3 is 0 Å². The minimum Gasteiger partial charge on any atom is -0.473 e. The Balaban J connectivity index is 1.93. The summed E-state index contributed by atoms with van der Waals surface area (Å²) >= 11 is 1.56. The van der Waals surface area contributed by atoms with Gasteiger partial charge in [-0.1, -0.05) is 11.3 Å². The van der Waals surface area contributed by atoms with Crippen molar-refractivity contribution in [3.8, 4) is 5.19 Å². The third kappa shape index (κ3) is 2.47. The average Bonchev–Trinajstić information content (AvgIpc) is 2.83. The Labute approximate surface area is 91.3 Å². The van der Waals surface area contributed by atoms with E-state index < -0.39 is 0 Å². The summed E-state index contributed by atoms with van der Waals surface area (Å²) in [5.74, 6) is 0.534. The molecule has 2 heterocycles. The number of anilines is 1.